The van der Waals surface area contributed by atoms with Gasteiger partial charge in [-0.05, 0) is 143 Å². The summed E-state index contributed by atoms with van der Waals surface area (Å²) in [5.41, 5.74) is 17.9. The Morgan fingerprint density at radius 3 is 1.85 bits per heavy atom. The van der Waals surface area contributed by atoms with Gasteiger partial charge in [-0.25, -0.2) is 0 Å². The summed E-state index contributed by atoms with van der Waals surface area (Å²) in [4.78, 5) is 2.37. The molecule has 0 N–H and O–H groups in total. The lowest BCUT2D eigenvalue weighted by molar-refractivity contribution is 0.608. The Morgan fingerprint density at radius 1 is 0.500 bits per heavy atom. The fourth-order valence-electron chi connectivity index (χ4n) is 10.1. The zero-order chi connectivity index (χ0) is 40.0. The van der Waals surface area contributed by atoms with Gasteiger partial charge in [0.25, 0.3) is 0 Å². The zero-order valence-electron chi connectivity index (χ0n) is 33.7. The number of thiophene rings is 1. The normalized spacial score (nSPS) is 14.4. The first kappa shape index (κ1) is 35.0. The molecule has 2 aliphatic carbocycles. The van der Waals surface area contributed by atoms with Gasteiger partial charge in [0.2, 0.25) is 0 Å². The summed E-state index contributed by atoms with van der Waals surface area (Å²) < 4.78 is 5.07. The predicted molar refractivity (Wildman–Crippen MR) is 258 cm³/mol. The van der Waals surface area contributed by atoms with Crippen LogP contribution in [0.25, 0.3) is 75.5 Å². The van der Waals surface area contributed by atoms with Crippen molar-refractivity contribution in [2.24, 2.45) is 0 Å². The molecule has 0 saturated heterocycles. The minimum Gasteiger partial charge on any atom is -0.310 e. The van der Waals surface area contributed by atoms with E-state index in [4.69, 9.17) is 0 Å². The van der Waals surface area contributed by atoms with Crippen LogP contribution in [0.15, 0.2) is 200 Å². The van der Waals surface area contributed by atoms with Crippen molar-refractivity contribution in [3.63, 3.8) is 0 Å². The van der Waals surface area contributed by atoms with E-state index in [1.165, 1.54) is 86.6 Å². The number of rotatable bonds is 6. The summed E-state index contributed by atoms with van der Waals surface area (Å²) in [6, 6.07) is 67.2. The van der Waals surface area contributed by atoms with Crippen LogP contribution >= 0.6 is 11.3 Å². The Labute approximate surface area is 354 Å². The van der Waals surface area contributed by atoms with E-state index >= 15 is 0 Å². The lowest BCUT2D eigenvalue weighted by atomic mass is 9.78. The average Bonchev–Trinajstić information content (AvgIpc) is 3.91. The van der Waals surface area contributed by atoms with Gasteiger partial charge in [-0.2, -0.15) is 0 Å². The van der Waals surface area contributed by atoms with Crippen LogP contribution in [-0.4, -0.2) is 4.57 Å². The van der Waals surface area contributed by atoms with Gasteiger partial charge in [0.15, 0.2) is 0 Å². The highest BCUT2D eigenvalue weighted by atomic mass is 32.1. The van der Waals surface area contributed by atoms with Crippen LogP contribution in [0, 0.1) is 0 Å². The van der Waals surface area contributed by atoms with E-state index in [9.17, 15) is 0 Å². The Kier molecular flexibility index (Phi) is 7.92. The molecule has 3 heteroatoms. The summed E-state index contributed by atoms with van der Waals surface area (Å²) in [5.74, 6) is 0. The van der Waals surface area contributed by atoms with Crippen LogP contribution in [0.1, 0.15) is 37.8 Å². The van der Waals surface area contributed by atoms with Crippen molar-refractivity contribution >= 4 is 76.0 Å². The molecule has 2 aromatic heterocycles. The van der Waals surface area contributed by atoms with Crippen molar-refractivity contribution in [3.8, 4) is 27.9 Å². The lowest BCUT2D eigenvalue weighted by Gasteiger charge is -2.26. The molecule has 10 aromatic rings. The number of hydrogen-bond donors (Lipinski definition) is 0. The van der Waals surface area contributed by atoms with Gasteiger partial charge < -0.3 is 9.47 Å². The zero-order valence-corrected chi connectivity index (χ0v) is 34.5. The first-order valence-electron chi connectivity index (χ1n) is 21.1. The van der Waals surface area contributed by atoms with E-state index in [1.807, 2.05) is 11.3 Å². The largest absolute Gasteiger partial charge is 0.310 e. The Hall–Kier alpha value is -6.94. The van der Waals surface area contributed by atoms with Crippen LogP contribution in [0.2, 0.25) is 0 Å². The number of nitrogens with zero attached hydrogens (tertiary/aromatic N) is 2. The van der Waals surface area contributed by atoms with E-state index in [-0.39, 0.29) is 5.41 Å². The molecule has 0 aliphatic heterocycles. The molecule has 0 spiro atoms. The van der Waals surface area contributed by atoms with Crippen molar-refractivity contribution in [3.05, 3.63) is 211 Å². The third-order valence-corrected chi connectivity index (χ3v) is 14.3. The summed E-state index contributed by atoms with van der Waals surface area (Å²) in [6.45, 7) is 4.84. The quantitative estimate of drug-likeness (QED) is 0.163. The highest BCUT2D eigenvalue weighted by molar-refractivity contribution is 7.25. The van der Waals surface area contributed by atoms with Crippen molar-refractivity contribution in [1.82, 2.24) is 4.57 Å². The highest BCUT2D eigenvalue weighted by Crippen LogP contribution is 2.52. The van der Waals surface area contributed by atoms with Gasteiger partial charge >= 0.3 is 0 Å². The number of hydrogen-bond acceptors (Lipinski definition) is 2. The molecule has 0 bridgehead atoms. The van der Waals surface area contributed by atoms with E-state index in [2.05, 4.69) is 217 Å². The van der Waals surface area contributed by atoms with Gasteiger partial charge in [-0.1, -0.05) is 123 Å². The van der Waals surface area contributed by atoms with Crippen LogP contribution in [-0.2, 0) is 5.41 Å². The Bertz CT molecular complexity index is 3370. The maximum absolute atomic E-state index is 2.50. The smallest absolute Gasteiger partial charge is 0.0544 e. The van der Waals surface area contributed by atoms with Gasteiger partial charge in [-0.15, -0.1) is 11.3 Å². The fourth-order valence-corrected chi connectivity index (χ4v) is 11.2. The van der Waals surface area contributed by atoms with Crippen molar-refractivity contribution in [1.29, 1.82) is 0 Å². The van der Waals surface area contributed by atoms with Gasteiger partial charge in [0.05, 0.1) is 11.0 Å². The van der Waals surface area contributed by atoms with Gasteiger partial charge in [0, 0.05) is 59.1 Å². The monoisotopic (exact) mass is 786 g/mol. The summed E-state index contributed by atoms with van der Waals surface area (Å²) in [6.07, 6.45) is 6.99. The third kappa shape index (κ3) is 5.46. The molecule has 12 rings (SSSR count). The van der Waals surface area contributed by atoms with Crippen LogP contribution < -0.4 is 4.90 Å². The molecule has 0 radical (unpaired) electrons. The van der Waals surface area contributed by atoms with Crippen molar-refractivity contribution in [2.45, 2.75) is 32.1 Å². The Morgan fingerprint density at radius 2 is 1.08 bits per heavy atom. The average molecular weight is 787 g/mol. The highest BCUT2D eigenvalue weighted by Gasteiger charge is 2.38. The number of fused-ring (bicyclic) bond motifs is 8. The fraction of sp³-hybridized carbons (Fsp3) is 0.0877. The van der Waals surface area contributed by atoms with Crippen molar-refractivity contribution < 1.29 is 0 Å². The maximum atomic E-state index is 2.50. The molecule has 2 nitrogen and oxygen atoms in total. The summed E-state index contributed by atoms with van der Waals surface area (Å²) in [5, 5.41) is 5.16. The molecule has 60 heavy (non-hydrogen) atoms. The SMILES string of the molecule is CC1(C)C2=C(C=CCC2)c2cc3c4cc(-c5ccc6sc7ccc(N(c8ccccc8)c8ccc(-c9ccccc9)cc8)cc7c6c5)ccc4n(-c4ccccc4)c3cc21. The van der Waals surface area contributed by atoms with E-state index in [1.54, 1.807) is 5.57 Å². The first-order valence-corrected chi connectivity index (χ1v) is 21.9. The van der Waals surface area contributed by atoms with Gasteiger partial charge in [0.1, 0.15) is 0 Å². The molecule has 0 atom stereocenters. The maximum Gasteiger partial charge on any atom is 0.0544 e. The number of allylic oxidation sites excluding steroid dienone is 4. The van der Waals surface area contributed by atoms with Gasteiger partial charge in [-0.3, -0.25) is 0 Å². The second-order valence-electron chi connectivity index (χ2n) is 16.9. The summed E-state index contributed by atoms with van der Waals surface area (Å²) in [7, 11) is 0. The molecular formula is C57H42N2S. The minimum absolute atomic E-state index is 0.0104. The predicted octanol–water partition coefficient (Wildman–Crippen LogP) is 16.4. The van der Waals surface area contributed by atoms with Crippen LogP contribution in [0.5, 0.6) is 0 Å². The second-order valence-corrected chi connectivity index (χ2v) is 17.9. The first-order chi connectivity index (χ1) is 29.5. The second kappa shape index (κ2) is 13.6. The molecule has 8 aromatic carbocycles. The number of aromatic nitrogens is 1. The summed E-state index contributed by atoms with van der Waals surface area (Å²) >= 11 is 1.87. The molecule has 286 valence electrons. The van der Waals surface area contributed by atoms with E-state index in [0.717, 1.165) is 29.9 Å². The standard InChI is InChI=1S/C57H42N2S/c1-57(2)51-21-13-12-20-45(51)46-35-48-47-32-39(24-29-53(47)59(54(48)36-52(46)57)42-18-10-5-11-19-42)40-25-30-55-49(33-40)50-34-44(28-31-56(50)60-55)58(41-16-8-4-9-17-41)43-26-22-38(23-27-43)37-14-6-3-7-15-37/h3-12,14-20,22-36H,13,21H2,1-2H3. The number of benzene rings is 8. The third-order valence-electron chi connectivity index (χ3n) is 13.1. The van der Waals surface area contributed by atoms with Crippen molar-refractivity contribution in [2.75, 3.05) is 4.90 Å². The molecule has 2 heterocycles. The van der Waals surface area contributed by atoms with Crippen LogP contribution in [0.3, 0.4) is 0 Å². The van der Waals surface area contributed by atoms with E-state index in [0.29, 0.717) is 0 Å². The van der Waals surface area contributed by atoms with E-state index < -0.39 is 0 Å². The molecule has 0 fully saturated rings. The topological polar surface area (TPSA) is 8.17 Å². The lowest BCUT2D eigenvalue weighted by Crippen LogP contribution is -2.17. The number of para-hydroxylation sites is 2. The molecule has 0 saturated carbocycles. The van der Waals surface area contributed by atoms with Crippen LogP contribution in [0.4, 0.5) is 17.1 Å². The Balaban J connectivity index is 0.998. The molecule has 0 amide bonds. The minimum atomic E-state index is 0.0104. The molecule has 2 aliphatic rings. The number of anilines is 3. The molecule has 0 unspecified atom stereocenters. The molecular weight excluding hydrogens is 745 g/mol.